The molecule has 0 saturated carbocycles. The number of aliphatic hydroxyl groups is 1. The van der Waals surface area contributed by atoms with Crippen molar-refractivity contribution in [2.45, 2.75) is 52.0 Å². The summed E-state index contributed by atoms with van der Waals surface area (Å²) in [4.78, 5) is 16.6. The van der Waals surface area contributed by atoms with Gasteiger partial charge in [-0.25, -0.2) is 0 Å². The van der Waals surface area contributed by atoms with E-state index in [0.717, 1.165) is 37.0 Å². The zero-order valence-electron chi connectivity index (χ0n) is 15.2. The predicted molar refractivity (Wildman–Crippen MR) is 92.8 cm³/mol. The normalized spacial score (nSPS) is 23.6. The lowest BCUT2D eigenvalue weighted by atomic mass is 10.1. The molecule has 0 unspecified atom stereocenters. The van der Waals surface area contributed by atoms with Gasteiger partial charge in [0.1, 0.15) is 11.6 Å². The smallest absolute Gasteiger partial charge is 0.225 e. The van der Waals surface area contributed by atoms with Crippen molar-refractivity contribution in [1.29, 1.82) is 0 Å². The molecule has 0 spiro atoms. The van der Waals surface area contributed by atoms with Gasteiger partial charge in [-0.1, -0.05) is 13.8 Å². The first-order valence-electron chi connectivity index (χ1n) is 9.18. The molecule has 2 aliphatic heterocycles. The molecule has 1 saturated heterocycles. The number of amides is 1. The first-order chi connectivity index (χ1) is 12.5. The van der Waals surface area contributed by atoms with E-state index in [-0.39, 0.29) is 17.9 Å². The number of furan rings is 1. The van der Waals surface area contributed by atoms with Crippen molar-refractivity contribution in [3.05, 3.63) is 35.8 Å². The van der Waals surface area contributed by atoms with Crippen LogP contribution in [0.25, 0.3) is 0 Å². The lowest BCUT2D eigenvalue weighted by Gasteiger charge is -2.30. The number of rotatable bonds is 4. The minimum atomic E-state index is -0.505. The van der Waals surface area contributed by atoms with Crippen LogP contribution in [-0.4, -0.2) is 54.8 Å². The summed E-state index contributed by atoms with van der Waals surface area (Å²) in [5, 5.41) is 18.9. The van der Waals surface area contributed by atoms with Crippen molar-refractivity contribution in [1.82, 2.24) is 24.6 Å². The summed E-state index contributed by atoms with van der Waals surface area (Å²) < 4.78 is 7.54. The lowest BCUT2D eigenvalue weighted by molar-refractivity contribution is -0.135. The fraction of sp³-hybridized carbons (Fsp3) is 0.611. The Morgan fingerprint density at radius 3 is 2.96 bits per heavy atom. The third-order valence-electron chi connectivity index (χ3n) is 5.17. The Balaban J connectivity index is 1.53. The Hall–Kier alpha value is -2.19. The maximum atomic E-state index is 12.5. The van der Waals surface area contributed by atoms with Crippen LogP contribution in [0.15, 0.2) is 22.8 Å². The van der Waals surface area contributed by atoms with Crippen LogP contribution >= 0.6 is 0 Å². The molecule has 2 aromatic heterocycles. The predicted octanol–water partition coefficient (Wildman–Crippen LogP) is 1.18. The number of aliphatic hydroxyl groups excluding tert-OH is 1. The molecule has 26 heavy (non-hydrogen) atoms. The molecule has 2 aromatic rings. The van der Waals surface area contributed by atoms with E-state index in [4.69, 9.17) is 4.42 Å². The zero-order valence-corrected chi connectivity index (χ0v) is 15.2. The molecule has 8 heteroatoms. The summed E-state index contributed by atoms with van der Waals surface area (Å²) in [5.41, 5.74) is 0. The number of carbonyl (C=O) groups is 1. The summed E-state index contributed by atoms with van der Waals surface area (Å²) in [6.45, 7) is 7.22. The zero-order chi connectivity index (χ0) is 18.3. The Morgan fingerprint density at radius 1 is 1.38 bits per heavy atom. The highest BCUT2D eigenvalue weighted by molar-refractivity contribution is 5.78. The molecule has 0 aromatic carbocycles. The molecule has 2 atom stereocenters. The van der Waals surface area contributed by atoms with Crippen molar-refractivity contribution in [2.24, 2.45) is 5.92 Å². The molecular formula is C18H25N5O3. The number of β-amino-alcohol motifs (C(OH)–C–C–N with tert-alkyl or cyclic N) is 1. The Morgan fingerprint density at radius 2 is 2.23 bits per heavy atom. The van der Waals surface area contributed by atoms with E-state index in [1.165, 1.54) is 0 Å². The van der Waals surface area contributed by atoms with Gasteiger partial charge in [-0.15, -0.1) is 10.2 Å². The third kappa shape index (κ3) is 3.14. The minimum Gasteiger partial charge on any atom is -0.468 e. The second-order valence-corrected chi connectivity index (χ2v) is 7.47. The molecule has 1 fully saturated rings. The molecule has 8 nitrogen and oxygen atoms in total. The van der Waals surface area contributed by atoms with Gasteiger partial charge in [-0.05, 0) is 12.1 Å². The highest BCUT2D eigenvalue weighted by Crippen LogP contribution is 2.33. The number of aromatic nitrogens is 3. The van der Waals surface area contributed by atoms with Crippen molar-refractivity contribution < 1.29 is 14.3 Å². The van der Waals surface area contributed by atoms with Crippen LogP contribution in [0.3, 0.4) is 0 Å². The molecule has 0 aliphatic carbocycles. The van der Waals surface area contributed by atoms with Gasteiger partial charge < -0.3 is 19.0 Å². The van der Waals surface area contributed by atoms with Gasteiger partial charge in [0.25, 0.3) is 0 Å². The molecule has 140 valence electrons. The summed E-state index contributed by atoms with van der Waals surface area (Å²) in [7, 11) is 0. The average molecular weight is 359 g/mol. The summed E-state index contributed by atoms with van der Waals surface area (Å²) in [6.07, 6.45) is 1.70. The fourth-order valence-corrected chi connectivity index (χ4v) is 3.87. The van der Waals surface area contributed by atoms with Gasteiger partial charge >= 0.3 is 0 Å². The van der Waals surface area contributed by atoms with E-state index in [1.54, 1.807) is 11.2 Å². The molecule has 0 radical (unpaired) electrons. The monoisotopic (exact) mass is 359 g/mol. The van der Waals surface area contributed by atoms with Crippen LogP contribution in [0.2, 0.25) is 0 Å². The van der Waals surface area contributed by atoms with E-state index in [9.17, 15) is 9.90 Å². The Labute approximate surface area is 152 Å². The standard InChI is InChI=1S/C18H25N5O3/c1-12(2)18(25)23-9-13(24)8-15(23)17-20-19-16-11-21(5-6-22(16)17)10-14-4-3-7-26-14/h3-4,7,12-13,15,24H,5-6,8-11H2,1-2H3/t13-,15+/m1/s1. The van der Waals surface area contributed by atoms with Gasteiger partial charge in [-0.2, -0.15) is 0 Å². The van der Waals surface area contributed by atoms with E-state index in [0.29, 0.717) is 19.5 Å². The molecular weight excluding hydrogens is 334 g/mol. The third-order valence-corrected chi connectivity index (χ3v) is 5.17. The molecule has 4 rings (SSSR count). The largest absolute Gasteiger partial charge is 0.468 e. The van der Waals surface area contributed by atoms with E-state index in [2.05, 4.69) is 19.7 Å². The molecule has 0 bridgehead atoms. The molecule has 2 aliphatic rings. The van der Waals surface area contributed by atoms with Gasteiger partial charge in [0.05, 0.1) is 31.5 Å². The Kier molecular flexibility index (Phi) is 4.54. The average Bonchev–Trinajstić information content (AvgIpc) is 3.33. The highest BCUT2D eigenvalue weighted by Gasteiger charge is 2.39. The van der Waals surface area contributed by atoms with E-state index in [1.807, 2.05) is 26.0 Å². The second kappa shape index (κ2) is 6.85. The van der Waals surface area contributed by atoms with Crippen LogP contribution in [0.1, 0.15) is 43.7 Å². The SMILES string of the molecule is CC(C)C(=O)N1C[C@H](O)C[C@H]1c1nnc2n1CCN(Cc1ccco1)C2. The maximum absolute atomic E-state index is 12.5. The summed E-state index contributed by atoms with van der Waals surface area (Å²) in [5.74, 6) is 2.58. The Bertz CT molecular complexity index is 770. The lowest BCUT2D eigenvalue weighted by Crippen LogP contribution is -2.37. The van der Waals surface area contributed by atoms with Gasteiger partial charge in [0.15, 0.2) is 5.82 Å². The van der Waals surface area contributed by atoms with Gasteiger partial charge in [0, 0.05) is 32.0 Å². The van der Waals surface area contributed by atoms with Crippen molar-refractivity contribution in [2.75, 3.05) is 13.1 Å². The quantitative estimate of drug-likeness (QED) is 0.882. The van der Waals surface area contributed by atoms with E-state index < -0.39 is 6.10 Å². The number of fused-ring (bicyclic) bond motifs is 1. The number of carbonyl (C=O) groups excluding carboxylic acids is 1. The van der Waals surface area contributed by atoms with Crippen LogP contribution in [0.5, 0.6) is 0 Å². The van der Waals surface area contributed by atoms with Gasteiger partial charge in [0.2, 0.25) is 5.91 Å². The van der Waals surface area contributed by atoms with Gasteiger partial charge in [-0.3, -0.25) is 9.69 Å². The summed E-state index contributed by atoms with van der Waals surface area (Å²) >= 11 is 0. The van der Waals surface area contributed by atoms with Crippen molar-refractivity contribution >= 4 is 5.91 Å². The maximum Gasteiger partial charge on any atom is 0.225 e. The van der Waals surface area contributed by atoms with Crippen LogP contribution < -0.4 is 0 Å². The molecule has 4 heterocycles. The summed E-state index contributed by atoms with van der Waals surface area (Å²) in [6, 6.07) is 3.67. The molecule has 1 amide bonds. The van der Waals surface area contributed by atoms with Crippen LogP contribution in [0, 0.1) is 5.92 Å². The van der Waals surface area contributed by atoms with Crippen LogP contribution in [0.4, 0.5) is 0 Å². The number of likely N-dealkylation sites (tertiary alicyclic amines) is 1. The van der Waals surface area contributed by atoms with Crippen molar-refractivity contribution in [3.8, 4) is 0 Å². The minimum absolute atomic E-state index is 0.0548. The number of hydrogen-bond donors (Lipinski definition) is 1. The van der Waals surface area contributed by atoms with Crippen LogP contribution in [-0.2, 0) is 24.4 Å². The number of hydrogen-bond acceptors (Lipinski definition) is 6. The first-order valence-corrected chi connectivity index (χ1v) is 9.18. The highest BCUT2D eigenvalue weighted by atomic mass is 16.3. The molecule has 1 N–H and O–H groups in total. The second-order valence-electron chi connectivity index (χ2n) is 7.47. The first kappa shape index (κ1) is 17.2. The fourth-order valence-electron chi connectivity index (χ4n) is 3.87. The van der Waals surface area contributed by atoms with Crippen molar-refractivity contribution in [3.63, 3.8) is 0 Å². The topological polar surface area (TPSA) is 87.6 Å². The van der Waals surface area contributed by atoms with E-state index >= 15 is 0 Å². The number of nitrogens with zero attached hydrogens (tertiary/aromatic N) is 5.